The van der Waals surface area contributed by atoms with E-state index in [1.807, 2.05) is 0 Å². The van der Waals surface area contributed by atoms with Crippen molar-refractivity contribution in [3.8, 4) is 0 Å². The molecule has 34 valence electrons. The van der Waals surface area contributed by atoms with Gasteiger partial charge in [0.05, 0.1) is 6.54 Å². The molecule has 0 aromatic heterocycles. The van der Waals surface area contributed by atoms with Gasteiger partial charge in [-0.05, 0) is 6.92 Å². The minimum absolute atomic E-state index is 0.683. The molecule has 0 spiro atoms. The molecule has 2 heteroatoms. The van der Waals surface area contributed by atoms with Crippen molar-refractivity contribution < 1.29 is 0 Å². The Labute approximate surface area is 51.0 Å². The summed E-state index contributed by atoms with van der Waals surface area (Å²) < 4.78 is 0.683. The monoisotopic (exact) mass is 195 g/mol. The molecule has 0 saturated heterocycles. The van der Waals surface area contributed by atoms with Gasteiger partial charge in [0.25, 0.3) is 0 Å². The fraction of sp³-hybridized carbons (Fsp3) is 0.750. The second-order valence-electron chi connectivity index (χ2n) is 1.42. The molecule has 0 fully saturated rings. The van der Waals surface area contributed by atoms with Crippen LogP contribution in [-0.2, 0) is 0 Å². The lowest BCUT2D eigenvalue weighted by atomic mass is 10.4. The molecule has 0 amide bonds. The van der Waals surface area contributed by atoms with Crippen LogP contribution in [0.25, 0.3) is 0 Å². The first kappa shape index (κ1) is 4.56. The van der Waals surface area contributed by atoms with Crippen molar-refractivity contribution in [1.29, 1.82) is 0 Å². The third kappa shape index (κ3) is 0.929. The molecular formula is C4H6IN. The first-order valence-electron chi connectivity index (χ1n) is 1.98. The summed E-state index contributed by atoms with van der Waals surface area (Å²) in [5, 5.41) is 0. The van der Waals surface area contributed by atoms with Crippen LogP contribution >= 0.6 is 22.6 Å². The lowest BCUT2D eigenvalue weighted by Gasteiger charge is -1.83. The molecule has 1 rings (SSSR count). The van der Waals surface area contributed by atoms with Crippen LogP contribution < -0.4 is 0 Å². The Bertz CT molecular complexity index is 85.5. The van der Waals surface area contributed by atoms with E-state index in [9.17, 15) is 0 Å². The molecule has 1 unspecified atom stereocenters. The van der Waals surface area contributed by atoms with Crippen molar-refractivity contribution in [1.82, 2.24) is 0 Å². The maximum Gasteiger partial charge on any atom is 0.0779 e. The second-order valence-corrected chi connectivity index (χ2v) is 3.29. The van der Waals surface area contributed by atoms with Gasteiger partial charge in [-0.1, -0.05) is 22.6 Å². The van der Waals surface area contributed by atoms with Crippen molar-refractivity contribution in [2.75, 3.05) is 6.54 Å². The number of nitrogens with zero attached hydrogens (tertiary/aromatic N) is 1. The molecule has 0 saturated carbocycles. The molecule has 0 aromatic rings. The summed E-state index contributed by atoms with van der Waals surface area (Å²) in [5.74, 6) is 0. The van der Waals surface area contributed by atoms with Gasteiger partial charge in [-0.25, -0.2) is 0 Å². The Morgan fingerprint density at radius 2 is 2.50 bits per heavy atom. The average Bonchev–Trinajstić information content (AvgIpc) is 2.06. The van der Waals surface area contributed by atoms with Crippen LogP contribution in [0.4, 0.5) is 0 Å². The first-order valence-corrected chi connectivity index (χ1v) is 3.22. The van der Waals surface area contributed by atoms with E-state index >= 15 is 0 Å². The standard InChI is InChI=1S/C4H6IN/c1-3(5)4-2-6-4/h3H,2H2,1H3. The van der Waals surface area contributed by atoms with E-state index in [0.29, 0.717) is 3.92 Å². The smallest absolute Gasteiger partial charge is 0.0779 e. The molecule has 0 radical (unpaired) electrons. The lowest BCUT2D eigenvalue weighted by molar-refractivity contribution is 1.40. The summed E-state index contributed by atoms with van der Waals surface area (Å²) in [5.41, 5.74) is 1.37. The molecule has 0 aromatic carbocycles. The van der Waals surface area contributed by atoms with Crippen LogP contribution in [0.3, 0.4) is 0 Å². The number of hydrogen-bond acceptors (Lipinski definition) is 1. The Morgan fingerprint density at radius 1 is 2.00 bits per heavy atom. The van der Waals surface area contributed by atoms with Gasteiger partial charge in [0.15, 0.2) is 0 Å². The summed E-state index contributed by atoms with van der Waals surface area (Å²) in [6.07, 6.45) is 0. The zero-order valence-corrected chi connectivity index (χ0v) is 5.77. The molecule has 0 bridgehead atoms. The van der Waals surface area contributed by atoms with E-state index in [4.69, 9.17) is 0 Å². The normalized spacial score (nSPS) is 22.7. The second kappa shape index (κ2) is 1.48. The van der Waals surface area contributed by atoms with Gasteiger partial charge in [-0.3, -0.25) is 4.99 Å². The molecular weight excluding hydrogens is 189 g/mol. The fourth-order valence-electron chi connectivity index (χ4n) is 0.297. The average molecular weight is 195 g/mol. The van der Waals surface area contributed by atoms with Crippen LogP contribution in [0.2, 0.25) is 0 Å². The lowest BCUT2D eigenvalue weighted by Crippen LogP contribution is -1.95. The zero-order valence-electron chi connectivity index (χ0n) is 3.61. The van der Waals surface area contributed by atoms with Crippen LogP contribution in [0.1, 0.15) is 6.92 Å². The van der Waals surface area contributed by atoms with Crippen molar-refractivity contribution in [2.45, 2.75) is 10.8 Å². The van der Waals surface area contributed by atoms with E-state index in [2.05, 4.69) is 34.5 Å². The number of hydrogen-bond donors (Lipinski definition) is 0. The van der Waals surface area contributed by atoms with Gasteiger partial charge < -0.3 is 0 Å². The van der Waals surface area contributed by atoms with Gasteiger partial charge in [0, 0.05) is 9.64 Å². The highest BCUT2D eigenvalue weighted by atomic mass is 127. The molecule has 1 nitrogen and oxygen atoms in total. The Morgan fingerprint density at radius 3 is 2.50 bits per heavy atom. The molecule has 0 N–H and O–H groups in total. The first-order chi connectivity index (χ1) is 2.80. The highest BCUT2D eigenvalue weighted by Crippen LogP contribution is 2.09. The van der Waals surface area contributed by atoms with Gasteiger partial charge in [-0.2, -0.15) is 0 Å². The van der Waals surface area contributed by atoms with Crippen molar-refractivity contribution in [3.63, 3.8) is 0 Å². The largest absolute Gasteiger partial charge is 0.285 e. The SMILES string of the molecule is CC(I)C1=NC1. The predicted octanol–water partition coefficient (Wildman–Crippen LogP) is 1.26. The highest BCUT2D eigenvalue weighted by molar-refractivity contribution is 14.1. The summed E-state index contributed by atoms with van der Waals surface area (Å²) in [4.78, 5) is 4.01. The number of rotatable bonds is 1. The maximum absolute atomic E-state index is 4.01. The Kier molecular flexibility index (Phi) is 1.13. The molecule has 1 aliphatic rings. The van der Waals surface area contributed by atoms with Gasteiger partial charge in [0.1, 0.15) is 0 Å². The number of aliphatic imine (C=N–C) groups is 1. The Hall–Kier alpha value is 0.400. The highest BCUT2D eigenvalue weighted by Gasteiger charge is 2.13. The van der Waals surface area contributed by atoms with Crippen LogP contribution in [0.5, 0.6) is 0 Å². The van der Waals surface area contributed by atoms with E-state index in [1.54, 1.807) is 0 Å². The quantitative estimate of drug-likeness (QED) is 0.441. The number of halogens is 1. The van der Waals surface area contributed by atoms with Crippen LogP contribution in [0, 0.1) is 0 Å². The fourth-order valence-corrected chi connectivity index (χ4v) is 0.691. The zero-order chi connectivity index (χ0) is 4.57. The van der Waals surface area contributed by atoms with Gasteiger partial charge in [0.2, 0.25) is 0 Å². The molecule has 1 aliphatic heterocycles. The van der Waals surface area contributed by atoms with E-state index < -0.39 is 0 Å². The Balaban J connectivity index is 2.31. The van der Waals surface area contributed by atoms with E-state index in [-0.39, 0.29) is 0 Å². The van der Waals surface area contributed by atoms with Crippen molar-refractivity contribution in [2.24, 2.45) is 4.99 Å². The predicted molar refractivity (Wildman–Crippen MR) is 35.8 cm³/mol. The van der Waals surface area contributed by atoms with E-state index in [1.165, 1.54) is 5.71 Å². The third-order valence-corrected chi connectivity index (χ3v) is 1.52. The topological polar surface area (TPSA) is 12.4 Å². The minimum atomic E-state index is 0.683. The summed E-state index contributed by atoms with van der Waals surface area (Å²) in [6, 6.07) is 0. The van der Waals surface area contributed by atoms with Gasteiger partial charge in [-0.15, -0.1) is 0 Å². The van der Waals surface area contributed by atoms with Crippen LogP contribution in [0.15, 0.2) is 4.99 Å². The van der Waals surface area contributed by atoms with Crippen LogP contribution in [-0.4, -0.2) is 16.2 Å². The third-order valence-electron chi connectivity index (χ3n) is 0.800. The van der Waals surface area contributed by atoms with Gasteiger partial charge >= 0.3 is 0 Å². The molecule has 1 heterocycles. The summed E-state index contributed by atoms with van der Waals surface area (Å²) in [7, 11) is 0. The van der Waals surface area contributed by atoms with Crippen molar-refractivity contribution in [3.05, 3.63) is 0 Å². The van der Waals surface area contributed by atoms with Crippen molar-refractivity contribution >= 4 is 28.3 Å². The minimum Gasteiger partial charge on any atom is -0.285 e. The molecule has 0 aliphatic carbocycles. The molecule has 1 atom stereocenters. The van der Waals surface area contributed by atoms with E-state index in [0.717, 1.165) is 6.54 Å². The summed E-state index contributed by atoms with van der Waals surface area (Å²) >= 11 is 2.36. The number of alkyl halides is 1. The summed E-state index contributed by atoms with van der Waals surface area (Å²) in [6.45, 7) is 3.19. The maximum atomic E-state index is 4.01. The molecule has 6 heavy (non-hydrogen) atoms.